The van der Waals surface area contributed by atoms with Gasteiger partial charge in [0.2, 0.25) is 0 Å². The monoisotopic (exact) mass is 335 g/mol. The summed E-state index contributed by atoms with van der Waals surface area (Å²) < 4.78 is 39.5. The molecule has 1 aromatic rings. The molecule has 0 spiro atoms. The molecule has 0 bridgehead atoms. The first-order chi connectivity index (χ1) is 9.04. The number of alkyl halides is 1. The summed E-state index contributed by atoms with van der Waals surface area (Å²) in [6.45, 7) is 1.01. The fourth-order valence-electron chi connectivity index (χ4n) is 2.15. The highest BCUT2D eigenvalue weighted by molar-refractivity contribution is 9.09. The number of carbonyl (C=O) groups excluding carboxylic acids is 1. The molecule has 0 aromatic heterocycles. The molecular weight excluding hydrogens is 323 g/mol. The number of nitrogens with zero attached hydrogens (tertiary/aromatic N) is 1. The van der Waals surface area contributed by atoms with Crippen molar-refractivity contribution in [2.75, 3.05) is 18.4 Å². The summed E-state index contributed by atoms with van der Waals surface area (Å²) in [5, 5.41) is 0.870. The topological polar surface area (TPSA) is 20.3 Å². The second-order valence-electron chi connectivity index (χ2n) is 4.61. The van der Waals surface area contributed by atoms with Crippen molar-refractivity contribution in [2.45, 2.75) is 12.8 Å². The number of likely N-dealkylation sites (tertiary alicyclic amines) is 1. The van der Waals surface area contributed by atoms with E-state index in [0.29, 0.717) is 19.0 Å². The molecule has 0 saturated carbocycles. The van der Waals surface area contributed by atoms with Crippen molar-refractivity contribution in [1.82, 2.24) is 4.90 Å². The van der Waals surface area contributed by atoms with Gasteiger partial charge >= 0.3 is 0 Å². The molecule has 1 aromatic carbocycles. The van der Waals surface area contributed by atoms with Gasteiger partial charge in [-0.3, -0.25) is 4.79 Å². The lowest BCUT2D eigenvalue weighted by molar-refractivity contribution is 0.0693. The third-order valence-electron chi connectivity index (χ3n) is 3.39. The van der Waals surface area contributed by atoms with E-state index in [0.717, 1.165) is 30.3 Å². The molecule has 2 rings (SSSR count). The predicted octanol–water partition coefficient (Wildman–Crippen LogP) is 3.35. The molecule has 1 heterocycles. The standard InChI is InChI=1S/C13H13BrF3NO/c14-7-8-3-5-18(6-4-8)13(19)9-1-2-10(15)12(17)11(9)16/h1-2,8H,3-7H2. The van der Waals surface area contributed by atoms with Crippen LogP contribution >= 0.6 is 15.9 Å². The Bertz CT molecular complexity index is 487. The zero-order chi connectivity index (χ0) is 14.0. The number of hydrogen-bond donors (Lipinski definition) is 0. The van der Waals surface area contributed by atoms with Crippen LogP contribution in [0.15, 0.2) is 12.1 Å². The Morgan fingerprint density at radius 3 is 2.42 bits per heavy atom. The van der Waals surface area contributed by atoms with Crippen molar-refractivity contribution in [3.63, 3.8) is 0 Å². The van der Waals surface area contributed by atoms with E-state index in [-0.39, 0.29) is 0 Å². The van der Waals surface area contributed by atoms with E-state index in [2.05, 4.69) is 15.9 Å². The van der Waals surface area contributed by atoms with Crippen molar-refractivity contribution >= 4 is 21.8 Å². The fourth-order valence-corrected chi connectivity index (χ4v) is 2.80. The third kappa shape index (κ3) is 2.94. The number of piperidine rings is 1. The molecule has 104 valence electrons. The largest absolute Gasteiger partial charge is 0.339 e. The van der Waals surface area contributed by atoms with Crippen LogP contribution in [0.2, 0.25) is 0 Å². The zero-order valence-corrected chi connectivity index (χ0v) is 11.7. The molecule has 1 amide bonds. The Morgan fingerprint density at radius 1 is 1.21 bits per heavy atom. The van der Waals surface area contributed by atoms with Crippen LogP contribution in [0.5, 0.6) is 0 Å². The number of carbonyl (C=O) groups is 1. The van der Waals surface area contributed by atoms with Crippen molar-refractivity contribution in [3.8, 4) is 0 Å². The lowest BCUT2D eigenvalue weighted by Crippen LogP contribution is -2.39. The quantitative estimate of drug-likeness (QED) is 0.599. The molecule has 0 unspecified atom stereocenters. The van der Waals surface area contributed by atoms with Crippen LogP contribution in [0, 0.1) is 23.4 Å². The maximum absolute atomic E-state index is 13.5. The highest BCUT2D eigenvalue weighted by Gasteiger charge is 2.26. The molecule has 2 nitrogen and oxygen atoms in total. The van der Waals surface area contributed by atoms with Crippen LogP contribution in [0.3, 0.4) is 0 Å². The molecule has 0 N–H and O–H groups in total. The van der Waals surface area contributed by atoms with Gasteiger partial charge in [-0.1, -0.05) is 15.9 Å². The van der Waals surface area contributed by atoms with Gasteiger partial charge in [0, 0.05) is 18.4 Å². The molecule has 19 heavy (non-hydrogen) atoms. The van der Waals surface area contributed by atoms with Crippen LogP contribution < -0.4 is 0 Å². The number of amides is 1. The highest BCUT2D eigenvalue weighted by Crippen LogP contribution is 2.22. The third-order valence-corrected chi connectivity index (χ3v) is 4.30. The summed E-state index contributed by atoms with van der Waals surface area (Å²) in [6, 6.07) is 1.77. The van der Waals surface area contributed by atoms with Gasteiger partial charge in [0.15, 0.2) is 17.5 Å². The first kappa shape index (κ1) is 14.4. The SMILES string of the molecule is O=C(c1ccc(F)c(F)c1F)N1CCC(CBr)CC1. The maximum Gasteiger partial charge on any atom is 0.256 e. The second-order valence-corrected chi connectivity index (χ2v) is 5.26. The van der Waals surface area contributed by atoms with Crippen LogP contribution in [0.25, 0.3) is 0 Å². The number of hydrogen-bond acceptors (Lipinski definition) is 1. The summed E-state index contributed by atoms with van der Waals surface area (Å²) in [6.07, 6.45) is 1.64. The summed E-state index contributed by atoms with van der Waals surface area (Å²) in [5.74, 6) is -4.37. The lowest BCUT2D eigenvalue weighted by atomic mass is 9.98. The van der Waals surface area contributed by atoms with Crippen LogP contribution in [-0.2, 0) is 0 Å². The van der Waals surface area contributed by atoms with Crippen LogP contribution in [0.4, 0.5) is 13.2 Å². The van der Waals surface area contributed by atoms with E-state index >= 15 is 0 Å². The minimum Gasteiger partial charge on any atom is -0.339 e. The smallest absolute Gasteiger partial charge is 0.256 e. The molecule has 1 aliphatic heterocycles. The molecule has 1 aliphatic rings. The van der Waals surface area contributed by atoms with Crippen LogP contribution in [0.1, 0.15) is 23.2 Å². The molecular formula is C13H13BrF3NO. The van der Waals surface area contributed by atoms with Gasteiger partial charge in [-0.15, -0.1) is 0 Å². The average molecular weight is 336 g/mol. The van der Waals surface area contributed by atoms with Crippen molar-refractivity contribution in [2.24, 2.45) is 5.92 Å². The van der Waals surface area contributed by atoms with Gasteiger partial charge in [0.05, 0.1) is 5.56 Å². The van der Waals surface area contributed by atoms with E-state index in [1.807, 2.05) is 0 Å². The van der Waals surface area contributed by atoms with E-state index < -0.39 is 28.9 Å². The Balaban J connectivity index is 2.15. The van der Waals surface area contributed by atoms with Gasteiger partial charge in [0.1, 0.15) is 0 Å². The Kier molecular flexibility index (Phi) is 4.50. The maximum atomic E-state index is 13.5. The van der Waals surface area contributed by atoms with E-state index in [4.69, 9.17) is 0 Å². The number of benzene rings is 1. The fraction of sp³-hybridized carbons (Fsp3) is 0.462. The van der Waals surface area contributed by atoms with Crippen LogP contribution in [-0.4, -0.2) is 29.2 Å². The summed E-state index contributed by atoms with van der Waals surface area (Å²) in [7, 11) is 0. The summed E-state index contributed by atoms with van der Waals surface area (Å²) in [4.78, 5) is 13.5. The molecule has 6 heteroatoms. The minimum absolute atomic E-state index is 0.406. The lowest BCUT2D eigenvalue weighted by Gasteiger charge is -2.31. The minimum atomic E-state index is -1.60. The highest BCUT2D eigenvalue weighted by atomic mass is 79.9. The Morgan fingerprint density at radius 2 is 1.84 bits per heavy atom. The Labute approximate surface area is 117 Å². The van der Waals surface area contributed by atoms with Gasteiger partial charge in [-0.2, -0.15) is 0 Å². The van der Waals surface area contributed by atoms with E-state index in [9.17, 15) is 18.0 Å². The normalized spacial score (nSPS) is 16.7. The number of halogens is 4. The van der Waals surface area contributed by atoms with Crippen molar-refractivity contribution in [3.05, 3.63) is 35.1 Å². The van der Waals surface area contributed by atoms with E-state index in [1.165, 1.54) is 4.90 Å². The van der Waals surface area contributed by atoms with Crippen molar-refractivity contribution in [1.29, 1.82) is 0 Å². The van der Waals surface area contributed by atoms with Gasteiger partial charge in [-0.05, 0) is 30.9 Å². The van der Waals surface area contributed by atoms with E-state index in [1.54, 1.807) is 0 Å². The first-order valence-electron chi connectivity index (χ1n) is 6.03. The second kappa shape index (κ2) is 5.94. The first-order valence-corrected chi connectivity index (χ1v) is 7.15. The molecule has 0 aliphatic carbocycles. The molecule has 1 saturated heterocycles. The average Bonchev–Trinajstić information content (AvgIpc) is 2.44. The summed E-state index contributed by atoms with van der Waals surface area (Å²) in [5.41, 5.74) is -0.406. The number of rotatable bonds is 2. The summed E-state index contributed by atoms with van der Waals surface area (Å²) >= 11 is 3.39. The zero-order valence-electron chi connectivity index (χ0n) is 10.1. The molecule has 1 fully saturated rings. The Hall–Kier alpha value is -1.04. The predicted molar refractivity (Wildman–Crippen MR) is 68.7 cm³/mol. The van der Waals surface area contributed by atoms with Gasteiger partial charge < -0.3 is 4.90 Å². The van der Waals surface area contributed by atoms with Gasteiger partial charge in [-0.25, -0.2) is 13.2 Å². The molecule has 0 radical (unpaired) electrons. The molecule has 0 atom stereocenters. The van der Waals surface area contributed by atoms with Gasteiger partial charge in [0.25, 0.3) is 5.91 Å². The van der Waals surface area contributed by atoms with Crippen molar-refractivity contribution < 1.29 is 18.0 Å².